The van der Waals surface area contributed by atoms with Crippen molar-refractivity contribution in [3.05, 3.63) is 35.9 Å². The van der Waals surface area contributed by atoms with Gasteiger partial charge in [0.05, 0.1) is 31.3 Å². The van der Waals surface area contributed by atoms with Crippen LogP contribution in [0.4, 0.5) is 0 Å². The topological polar surface area (TPSA) is 55.8 Å². The highest BCUT2D eigenvalue weighted by Gasteiger charge is 2.30. The number of benzene rings is 1. The van der Waals surface area contributed by atoms with E-state index in [0.29, 0.717) is 19.4 Å². The zero-order valence-corrected chi connectivity index (χ0v) is 11.1. The Labute approximate surface area is 113 Å². The highest BCUT2D eigenvalue weighted by molar-refractivity contribution is 5.69. The average molecular weight is 264 g/mol. The Bertz CT molecular complexity index is 404. The Hall–Kier alpha value is -1.39. The molecule has 1 aliphatic rings. The molecule has 0 spiro atoms. The van der Waals surface area contributed by atoms with Gasteiger partial charge in [-0.2, -0.15) is 0 Å². The standard InChI is InChI=1S/C15H20O4/c1-2-18-15(17)10-13-8-12(16)9-14(19-13)11-6-4-3-5-7-11/h3-7,12-14,16H,2,8-10H2,1H3/t12-,13-,14-/m1/s1. The minimum atomic E-state index is -0.432. The van der Waals surface area contributed by atoms with Gasteiger partial charge in [0.2, 0.25) is 0 Å². The van der Waals surface area contributed by atoms with Crippen LogP contribution in [-0.2, 0) is 14.3 Å². The monoisotopic (exact) mass is 264 g/mol. The molecular weight excluding hydrogens is 244 g/mol. The molecule has 0 bridgehead atoms. The average Bonchev–Trinajstić information content (AvgIpc) is 2.39. The molecule has 0 saturated carbocycles. The van der Waals surface area contributed by atoms with Crippen molar-refractivity contribution in [2.75, 3.05) is 6.61 Å². The Balaban J connectivity index is 1.98. The zero-order valence-electron chi connectivity index (χ0n) is 11.1. The van der Waals surface area contributed by atoms with E-state index in [-0.39, 0.29) is 24.6 Å². The van der Waals surface area contributed by atoms with Crippen molar-refractivity contribution >= 4 is 5.97 Å². The van der Waals surface area contributed by atoms with Crippen molar-refractivity contribution < 1.29 is 19.4 Å². The Morgan fingerprint density at radius 2 is 2.11 bits per heavy atom. The first-order chi connectivity index (χ1) is 9.19. The maximum absolute atomic E-state index is 11.5. The van der Waals surface area contributed by atoms with Gasteiger partial charge in [0.25, 0.3) is 0 Å². The molecule has 1 aliphatic heterocycles. The molecule has 104 valence electrons. The number of hydrogen-bond donors (Lipinski definition) is 1. The molecule has 0 aliphatic carbocycles. The minimum absolute atomic E-state index is 0.149. The molecule has 0 radical (unpaired) electrons. The van der Waals surface area contributed by atoms with Crippen LogP contribution in [0, 0.1) is 0 Å². The minimum Gasteiger partial charge on any atom is -0.466 e. The second-order valence-corrected chi connectivity index (χ2v) is 4.79. The molecule has 2 rings (SSSR count). The zero-order chi connectivity index (χ0) is 13.7. The third-order valence-corrected chi connectivity index (χ3v) is 3.25. The van der Waals surface area contributed by atoms with Gasteiger partial charge in [0.15, 0.2) is 0 Å². The van der Waals surface area contributed by atoms with Crippen LogP contribution in [0.2, 0.25) is 0 Å². The van der Waals surface area contributed by atoms with Crippen LogP contribution in [0.1, 0.15) is 37.9 Å². The van der Waals surface area contributed by atoms with Gasteiger partial charge in [0, 0.05) is 12.8 Å². The molecule has 1 heterocycles. The molecule has 0 unspecified atom stereocenters. The lowest BCUT2D eigenvalue weighted by atomic mass is 9.95. The van der Waals surface area contributed by atoms with Gasteiger partial charge in [0.1, 0.15) is 0 Å². The van der Waals surface area contributed by atoms with E-state index in [1.807, 2.05) is 30.3 Å². The maximum atomic E-state index is 11.5. The number of ether oxygens (including phenoxy) is 2. The maximum Gasteiger partial charge on any atom is 0.308 e. The Morgan fingerprint density at radius 1 is 1.37 bits per heavy atom. The number of aliphatic hydroxyl groups is 1. The van der Waals surface area contributed by atoms with E-state index in [1.54, 1.807) is 6.92 Å². The third-order valence-electron chi connectivity index (χ3n) is 3.25. The van der Waals surface area contributed by atoms with E-state index < -0.39 is 6.10 Å². The van der Waals surface area contributed by atoms with E-state index in [2.05, 4.69) is 0 Å². The summed E-state index contributed by atoms with van der Waals surface area (Å²) in [6, 6.07) is 9.78. The number of hydrogen-bond acceptors (Lipinski definition) is 4. The van der Waals surface area contributed by atoms with Crippen LogP contribution in [0.15, 0.2) is 30.3 Å². The first-order valence-electron chi connectivity index (χ1n) is 6.73. The van der Waals surface area contributed by atoms with E-state index in [4.69, 9.17) is 9.47 Å². The lowest BCUT2D eigenvalue weighted by molar-refractivity contribution is -0.152. The van der Waals surface area contributed by atoms with Crippen molar-refractivity contribution in [3.8, 4) is 0 Å². The van der Waals surface area contributed by atoms with Gasteiger partial charge in [-0.1, -0.05) is 30.3 Å². The predicted octanol–water partition coefficient (Wildman–Crippen LogP) is 2.22. The Morgan fingerprint density at radius 3 is 2.79 bits per heavy atom. The van der Waals surface area contributed by atoms with Gasteiger partial charge in [-0.15, -0.1) is 0 Å². The highest BCUT2D eigenvalue weighted by Crippen LogP contribution is 2.32. The van der Waals surface area contributed by atoms with Crippen molar-refractivity contribution in [3.63, 3.8) is 0 Å². The summed E-state index contributed by atoms with van der Waals surface area (Å²) in [7, 11) is 0. The largest absolute Gasteiger partial charge is 0.466 e. The van der Waals surface area contributed by atoms with Crippen molar-refractivity contribution in [1.82, 2.24) is 0 Å². The summed E-state index contributed by atoms with van der Waals surface area (Å²) in [5.74, 6) is -0.270. The third kappa shape index (κ3) is 4.04. The fourth-order valence-corrected chi connectivity index (χ4v) is 2.41. The van der Waals surface area contributed by atoms with E-state index in [9.17, 15) is 9.90 Å². The first-order valence-corrected chi connectivity index (χ1v) is 6.73. The summed E-state index contributed by atoms with van der Waals surface area (Å²) < 4.78 is 10.8. The summed E-state index contributed by atoms with van der Waals surface area (Å²) in [6.07, 6.45) is 0.412. The van der Waals surface area contributed by atoms with E-state index in [1.165, 1.54) is 0 Å². The van der Waals surface area contributed by atoms with E-state index >= 15 is 0 Å². The first kappa shape index (κ1) is 14.0. The summed E-state index contributed by atoms with van der Waals surface area (Å²) >= 11 is 0. The van der Waals surface area contributed by atoms with Gasteiger partial charge in [-0.3, -0.25) is 4.79 Å². The summed E-state index contributed by atoms with van der Waals surface area (Å²) in [5.41, 5.74) is 1.04. The number of carbonyl (C=O) groups excluding carboxylic acids is 1. The fourth-order valence-electron chi connectivity index (χ4n) is 2.41. The van der Waals surface area contributed by atoms with Crippen molar-refractivity contribution in [1.29, 1.82) is 0 Å². The molecule has 1 N–H and O–H groups in total. The molecule has 3 atom stereocenters. The summed E-state index contributed by atoms with van der Waals surface area (Å²) in [4.78, 5) is 11.5. The number of carbonyl (C=O) groups is 1. The lowest BCUT2D eigenvalue weighted by Gasteiger charge is -2.33. The van der Waals surface area contributed by atoms with Gasteiger partial charge in [-0.05, 0) is 12.5 Å². The van der Waals surface area contributed by atoms with Crippen molar-refractivity contribution in [2.24, 2.45) is 0 Å². The molecule has 19 heavy (non-hydrogen) atoms. The molecule has 1 aromatic rings. The second-order valence-electron chi connectivity index (χ2n) is 4.79. The second kappa shape index (κ2) is 6.68. The SMILES string of the molecule is CCOC(=O)C[C@H]1C[C@@H](O)C[C@H](c2ccccc2)O1. The molecular formula is C15H20O4. The van der Waals surface area contributed by atoms with Crippen LogP contribution in [0.25, 0.3) is 0 Å². The summed E-state index contributed by atoms with van der Waals surface area (Å²) in [6.45, 7) is 2.15. The smallest absolute Gasteiger partial charge is 0.308 e. The molecule has 4 heteroatoms. The van der Waals surface area contributed by atoms with Crippen LogP contribution in [0.3, 0.4) is 0 Å². The number of rotatable bonds is 4. The molecule has 1 fully saturated rings. The quantitative estimate of drug-likeness (QED) is 0.847. The Kier molecular flexibility index (Phi) is 4.93. The van der Waals surface area contributed by atoms with Gasteiger partial charge >= 0.3 is 5.97 Å². The van der Waals surface area contributed by atoms with Crippen LogP contribution in [0.5, 0.6) is 0 Å². The normalized spacial score (nSPS) is 26.9. The molecule has 1 saturated heterocycles. The number of aliphatic hydroxyl groups excluding tert-OH is 1. The predicted molar refractivity (Wildman–Crippen MR) is 70.5 cm³/mol. The van der Waals surface area contributed by atoms with Crippen LogP contribution < -0.4 is 0 Å². The summed E-state index contributed by atoms with van der Waals surface area (Å²) in [5, 5.41) is 9.92. The van der Waals surface area contributed by atoms with Gasteiger partial charge in [-0.25, -0.2) is 0 Å². The van der Waals surface area contributed by atoms with E-state index in [0.717, 1.165) is 5.56 Å². The van der Waals surface area contributed by atoms with Gasteiger partial charge < -0.3 is 14.6 Å². The molecule has 4 nitrogen and oxygen atoms in total. The molecule has 0 amide bonds. The molecule has 1 aromatic carbocycles. The number of esters is 1. The molecule has 0 aromatic heterocycles. The highest BCUT2D eigenvalue weighted by atomic mass is 16.5. The van der Waals surface area contributed by atoms with Crippen LogP contribution in [-0.4, -0.2) is 29.9 Å². The van der Waals surface area contributed by atoms with Crippen LogP contribution >= 0.6 is 0 Å². The fraction of sp³-hybridized carbons (Fsp3) is 0.533. The van der Waals surface area contributed by atoms with Crippen molar-refractivity contribution in [2.45, 2.75) is 44.5 Å². The lowest BCUT2D eigenvalue weighted by Crippen LogP contribution is -2.33.